The van der Waals surface area contributed by atoms with Crippen molar-refractivity contribution >= 4 is 29.1 Å². The van der Waals surface area contributed by atoms with Crippen molar-refractivity contribution in [1.82, 2.24) is 10.2 Å². The summed E-state index contributed by atoms with van der Waals surface area (Å²) in [4.78, 5) is 36.1. The highest BCUT2D eigenvalue weighted by Gasteiger charge is 2.31. The van der Waals surface area contributed by atoms with Crippen LogP contribution < -0.4 is 16.4 Å². The van der Waals surface area contributed by atoms with E-state index in [1.807, 2.05) is 0 Å². The molecule has 3 amide bonds. The Kier molecular flexibility index (Phi) is 4.18. The van der Waals surface area contributed by atoms with Gasteiger partial charge in [-0.05, 0) is 25.1 Å². The Labute approximate surface area is 120 Å². The SMILES string of the molecule is CC1C(=O)NC(=O)CN1CC(=O)Nc1cc(N)ccc1F. The van der Waals surface area contributed by atoms with Crippen LogP contribution in [0.1, 0.15) is 6.92 Å². The third-order valence-electron chi connectivity index (χ3n) is 3.15. The minimum Gasteiger partial charge on any atom is -0.399 e. The summed E-state index contributed by atoms with van der Waals surface area (Å²) in [7, 11) is 0. The van der Waals surface area contributed by atoms with Gasteiger partial charge >= 0.3 is 0 Å². The maximum atomic E-state index is 13.5. The second-order valence-electron chi connectivity index (χ2n) is 4.78. The molecule has 0 aromatic heterocycles. The van der Waals surface area contributed by atoms with Gasteiger partial charge in [0.25, 0.3) is 0 Å². The van der Waals surface area contributed by atoms with E-state index in [1.54, 1.807) is 6.92 Å². The first-order valence-electron chi connectivity index (χ1n) is 6.29. The Bertz CT molecular complexity index is 605. The lowest BCUT2D eigenvalue weighted by molar-refractivity contribution is -0.140. The third kappa shape index (κ3) is 3.54. The Balaban J connectivity index is 2.02. The first kappa shape index (κ1) is 14.9. The van der Waals surface area contributed by atoms with Crippen molar-refractivity contribution in [1.29, 1.82) is 0 Å². The van der Waals surface area contributed by atoms with E-state index in [2.05, 4.69) is 10.6 Å². The van der Waals surface area contributed by atoms with Crippen LogP contribution in [-0.4, -0.2) is 41.8 Å². The molecule has 1 fully saturated rings. The number of hydrogen-bond acceptors (Lipinski definition) is 5. The molecule has 1 heterocycles. The predicted molar refractivity (Wildman–Crippen MR) is 73.6 cm³/mol. The number of halogens is 1. The number of imide groups is 1. The number of piperazine rings is 1. The van der Waals surface area contributed by atoms with Crippen LogP contribution in [0.2, 0.25) is 0 Å². The summed E-state index contributed by atoms with van der Waals surface area (Å²) in [5, 5.41) is 4.54. The second-order valence-corrected chi connectivity index (χ2v) is 4.78. The highest BCUT2D eigenvalue weighted by molar-refractivity contribution is 6.02. The normalized spacial score (nSPS) is 19.2. The molecule has 0 bridgehead atoms. The molecule has 7 nitrogen and oxygen atoms in total. The molecule has 1 aliphatic rings. The minimum atomic E-state index is -0.613. The predicted octanol–water partition coefficient (Wildman–Crippen LogP) is -0.307. The van der Waals surface area contributed by atoms with Gasteiger partial charge in [0.1, 0.15) is 5.82 Å². The number of carbonyl (C=O) groups excluding carboxylic acids is 3. The maximum Gasteiger partial charge on any atom is 0.243 e. The summed E-state index contributed by atoms with van der Waals surface area (Å²) in [6, 6.07) is 3.20. The smallest absolute Gasteiger partial charge is 0.243 e. The van der Waals surface area contributed by atoms with E-state index in [1.165, 1.54) is 17.0 Å². The number of nitrogens with zero attached hydrogens (tertiary/aromatic N) is 1. The van der Waals surface area contributed by atoms with Crippen molar-refractivity contribution in [3.05, 3.63) is 24.0 Å². The maximum absolute atomic E-state index is 13.5. The summed E-state index contributed by atoms with van der Waals surface area (Å²) in [6.45, 7) is 1.31. The van der Waals surface area contributed by atoms with Crippen molar-refractivity contribution in [3.63, 3.8) is 0 Å². The average Bonchev–Trinajstić information content (AvgIpc) is 2.39. The summed E-state index contributed by atoms with van der Waals surface area (Å²) in [6.07, 6.45) is 0. The zero-order valence-electron chi connectivity index (χ0n) is 11.4. The van der Waals surface area contributed by atoms with E-state index in [0.717, 1.165) is 6.07 Å². The highest BCUT2D eigenvalue weighted by atomic mass is 19.1. The first-order valence-corrected chi connectivity index (χ1v) is 6.29. The van der Waals surface area contributed by atoms with Gasteiger partial charge in [0.2, 0.25) is 17.7 Å². The average molecular weight is 294 g/mol. The van der Waals surface area contributed by atoms with Crippen LogP contribution in [0, 0.1) is 5.82 Å². The van der Waals surface area contributed by atoms with Gasteiger partial charge in [-0.15, -0.1) is 0 Å². The molecule has 0 saturated carbocycles. The van der Waals surface area contributed by atoms with Gasteiger partial charge in [0.05, 0.1) is 24.8 Å². The zero-order chi connectivity index (χ0) is 15.6. The quantitative estimate of drug-likeness (QED) is 0.524. The van der Waals surface area contributed by atoms with E-state index >= 15 is 0 Å². The molecule has 8 heteroatoms. The summed E-state index contributed by atoms with van der Waals surface area (Å²) in [5.41, 5.74) is 5.79. The van der Waals surface area contributed by atoms with Crippen molar-refractivity contribution in [2.24, 2.45) is 0 Å². The van der Waals surface area contributed by atoms with E-state index in [0.29, 0.717) is 5.69 Å². The van der Waals surface area contributed by atoms with Gasteiger partial charge < -0.3 is 11.1 Å². The molecular formula is C13H15FN4O3. The van der Waals surface area contributed by atoms with Gasteiger partial charge in [0, 0.05) is 5.69 Å². The van der Waals surface area contributed by atoms with Gasteiger partial charge in [0.15, 0.2) is 0 Å². The molecule has 1 aliphatic heterocycles. The first-order chi connectivity index (χ1) is 9.86. The number of rotatable bonds is 3. The monoisotopic (exact) mass is 294 g/mol. The molecule has 4 N–H and O–H groups in total. The highest BCUT2D eigenvalue weighted by Crippen LogP contribution is 2.17. The molecular weight excluding hydrogens is 279 g/mol. The second kappa shape index (κ2) is 5.88. The molecule has 112 valence electrons. The molecule has 0 radical (unpaired) electrons. The Morgan fingerprint density at radius 1 is 1.52 bits per heavy atom. The number of benzene rings is 1. The number of carbonyl (C=O) groups is 3. The van der Waals surface area contributed by atoms with Crippen LogP contribution in [0.25, 0.3) is 0 Å². The van der Waals surface area contributed by atoms with Crippen molar-refractivity contribution in [2.45, 2.75) is 13.0 Å². The summed E-state index contributed by atoms with van der Waals surface area (Å²) >= 11 is 0. The fourth-order valence-corrected chi connectivity index (χ4v) is 1.97. The van der Waals surface area contributed by atoms with Crippen LogP contribution in [0.15, 0.2) is 18.2 Å². The molecule has 1 unspecified atom stereocenters. The van der Waals surface area contributed by atoms with E-state index in [-0.39, 0.29) is 18.8 Å². The van der Waals surface area contributed by atoms with Crippen LogP contribution in [-0.2, 0) is 14.4 Å². The number of amides is 3. The fourth-order valence-electron chi connectivity index (χ4n) is 1.97. The standard InChI is InChI=1S/C13H15FN4O3/c1-7-13(21)17-12(20)6-18(7)5-11(19)16-10-4-8(15)2-3-9(10)14/h2-4,7H,5-6,15H2,1H3,(H,16,19)(H,17,20,21). The largest absolute Gasteiger partial charge is 0.399 e. The van der Waals surface area contributed by atoms with Gasteiger partial charge in [-0.3, -0.25) is 24.6 Å². The molecule has 1 atom stereocenters. The van der Waals surface area contributed by atoms with Crippen LogP contribution in [0.5, 0.6) is 0 Å². The number of anilines is 2. The Hall–Kier alpha value is -2.48. The summed E-state index contributed by atoms with van der Waals surface area (Å²) < 4.78 is 13.5. The van der Waals surface area contributed by atoms with Gasteiger partial charge in [-0.25, -0.2) is 4.39 Å². The Morgan fingerprint density at radius 3 is 2.95 bits per heavy atom. The van der Waals surface area contributed by atoms with Gasteiger partial charge in [-0.2, -0.15) is 0 Å². The van der Waals surface area contributed by atoms with Crippen molar-refractivity contribution in [2.75, 3.05) is 24.1 Å². The Morgan fingerprint density at radius 2 is 2.24 bits per heavy atom. The molecule has 2 rings (SSSR count). The third-order valence-corrected chi connectivity index (χ3v) is 3.15. The molecule has 1 aromatic rings. The molecule has 1 aromatic carbocycles. The van der Waals surface area contributed by atoms with Crippen LogP contribution >= 0.6 is 0 Å². The van der Waals surface area contributed by atoms with E-state index < -0.39 is 29.6 Å². The van der Waals surface area contributed by atoms with E-state index in [4.69, 9.17) is 5.73 Å². The minimum absolute atomic E-state index is 0.0413. The lowest BCUT2D eigenvalue weighted by Crippen LogP contribution is -2.58. The molecule has 21 heavy (non-hydrogen) atoms. The van der Waals surface area contributed by atoms with E-state index in [9.17, 15) is 18.8 Å². The number of nitrogen functional groups attached to an aromatic ring is 1. The van der Waals surface area contributed by atoms with Crippen LogP contribution in [0.3, 0.4) is 0 Å². The lowest BCUT2D eigenvalue weighted by Gasteiger charge is -2.30. The number of nitrogens with one attached hydrogen (secondary N) is 2. The van der Waals surface area contributed by atoms with Crippen LogP contribution in [0.4, 0.5) is 15.8 Å². The van der Waals surface area contributed by atoms with Crippen molar-refractivity contribution < 1.29 is 18.8 Å². The summed E-state index contributed by atoms with van der Waals surface area (Å²) in [5.74, 6) is -2.08. The molecule has 0 spiro atoms. The molecule has 0 aliphatic carbocycles. The topological polar surface area (TPSA) is 105 Å². The van der Waals surface area contributed by atoms with Crippen molar-refractivity contribution in [3.8, 4) is 0 Å². The van der Waals surface area contributed by atoms with Gasteiger partial charge in [-0.1, -0.05) is 0 Å². The lowest BCUT2D eigenvalue weighted by atomic mass is 10.2. The fraction of sp³-hybridized carbons (Fsp3) is 0.308. The molecule has 1 saturated heterocycles. The number of hydrogen-bond donors (Lipinski definition) is 3. The number of nitrogens with two attached hydrogens (primary N) is 1. The zero-order valence-corrected chi connectivity index (χ0v) is 11.4.